The number of unbranched alkanes of at least 4 members (excludes halogenated alkanes) is 11. The number of amides is 4. The number of ether oxygens (including phenoxy) is 2. The molecule has 0 saturated heterocycles. The molecular formula is C69H115N5O7. The van der Waals surface area contributed by atoms with E-state index in [1.54, 1.807) is 48.5 Å². The number of anilines is 1. The Kier molecular flexibility index (Phi) is 47.3. The molecule has 4 rings (SSSR count). The third kappa shape index (κ3) is 36.8. The fraction of sp³-hybridized carbons (Fsp3) is 0.594. The second kappa shape index (κ2) is 49.7. The molecule has 0 bridgehead atoms. The topological polar surface area (TPSA) is 164 Å². The monoisotopic (exact) mass is 1130 g/mol. The fourth-order valence-corrected chi connectivity index (χ4v) is 8.04. The normalized spacial score (nSPS) is 10.1. The molecule has 0 spiro atoms. The number of aryl methyl sites for hydroxylation is 3. The van der Waals surface area contributed by atoms with Gasteiger partial charge in [0.15, 0.2) is 0 Å². The van der Waals surface area contributed by atoms with E-state index in [4.69, 9.17) is 20.3 Å². The van der Waals surface area contributed by atoms with E-state index < -0.39 is 5.91 Å². The van der Waals surface area contributed by atoms with Crippen LogP contribution in [0.25, 0.3) is 0 Å². The van der Waals surface area contributed by atoms with Crippen molar-refractivity contribution < 1.29 is 33.8 Å². The number of primary amides is 1. The van der Waals surface area contributed by atoms with Gasteiger partial charge in [-0.05, 0) is 139 Å². The summed E-state index contributed by atoms with van der Waals surface area (Å²) < 4.78 is 11.5. The van der Waals surface area contributed by atoms with E-state index in [0.29, 0.717) is 59.7 Å². The zero-order valence-corrected chi connectivity index (χ0v) is 52.4. The lowest BCUT2D eigenvalue weighted by Gasteiger charge is -2.27. The number of phenols is 1. The molecule has 0 aliphatic carbocycles. The summed E-state index contributed by atoms with van der Waals surface area (Å²) in [6.45, 7) is 33.9. The standard InChI is InChI=1S/C19H33NO.C16H33NO.C14H20N2O2.C11H15NO2.C8H10O.CH4/c1-5-8-13-20(14-9-6-2)18-16-17(4)11-12-19(18)21-15-10-7-3;1-4-7-8-9-10-11-12-13-14-15-16(18)17(5-2)6-3;1-3-8-15-13(17)11-6-5-7-12(10-11)14(18)16-9-4-2;1-8(2)7-14-10-6-4-3-5-9(10)11(12)13;1-6-3-4-8(9)7(2)5-6;/h11-12,16H,5-10,13-15H2,1-4H3;4-15H2,1-3H3;5-7,10H,3-4,8-9H2,1-2H3,(H,15,17)(H,16,18);3-6,8H,7H2,1-2H3,(H2,12,13);3-5,9H,1-2H3;1H4. The molecule has 0 aliphatic heterocycles. The van der Waals surface area contributed by atoms with Gasteiger partial charge in [0.25, 0.3) is 17.7 Å². The molecule has 4 aromatic carbocycles. The smallest absolute Gasteiger partial charge is 0.252 e. The molecule has 0 atom stereocenters. The van der Waals surface area contributed by atoms with Gasteiger partial charge in [-0.2, -0.15) is 0 Å². The molecule has 0 fully saturated rings. The van der Waals surface area contributed by atoms with Crippen LogP contribution in [0, 0.1) is 26.7 Å². The van der Waals surface area contributed by atoms with Gasteiger partial charge in [-0.1, -0.05) is 175 Å². The Balaban J connectivity index is 0. The first kappa shape index (κ1) is 77.0. The van der Waals surface area contributed by atoms with Gasteiger partial charge in [0, 0.05) is 56.8 Å². The minimum atomic E-state index is -0.454. The molecule has 12 heteroatoms. The Morgan fingerprint density at radius 1 is 0.556 bits per heavy atom. The average molecular weight is 1130 g/mol. The molecule has 5 N–H and O–H groups in total. The second-order valence-corrected chi connectivity index (χ2v) is 21.0. The lowest BCUT2D eigenvalue weighted by atomic mass is 10.1. The number of carbonyl (C=O) groups is 4. The lowest BCUT2D eigenvalue weighted by Crippen LogP contribution is -2.30. The van der Waals surface area contributed by atoms with Crippen molar-refractivity contribution in [2.24, 2.45) is 11.7 Å². The molecule has 0 heterocycles. The van der Waals surface area contributed by atoms with E-state index in [0.717, 1.165) is 76.2 Å². The van der Waals surface area contributed by atoms with Gasteiger partial charge in [-0.3, -0.25) is 19.2 Å². The Morgan fingerprint density at radius 3 is 1.54 bits per heavy atom. The summed E-state index contributed by atoms with van der Waals surface area (Å²) in [7, 11) is 0. The van der Waals surface area contributed by atoms with E-state index in [2.05, 4.69) is 82.2 Å². The van der Waals surface area contributed by atoms with Crippen LogP contribution in [0.2, 0.25) is 0 Å². The highest BCUT2D eigenvalue weighted by Crippen LogP contribution is 2.31. The fourth-order valence-electron chi connectivity index (χ4n) is 8.04. The van der Waals surface area contributed by atoms with Crippen molar-refractivity contribution in [3.05, 3.63) is 118 Å². The molecule has 0 aliphatic rings. The molecule has 4 amide bonds. The number of aromatic hydroxyl groups is 1. The zero-order chi connectivity index (χ0) is 59.9. The zero-order valence-electron chi connectivity index (χ0n) is 52.4. The van der Waals surface area contributed by atoms with Crippen molar-refractivity contribution in [3.63, 3.8) is 0 Å². The molecule has 0 unspecified atom stereocenters. The quantitative estimate of drug-likeness (QED) is 0.0343. The molecule has 81 heavy (non-hydrogen) atoms. The Morgan fingerprint density at radius 2 is 1.06 bits per heavy atom. The molecule has 4 aromatic rings. The van der Waals surface area contributed by atoms with E-state index in [1.165, 1.54) is 100 Å². The van der Waals surface area contributed by atoms with Gasteiger partial charge in [0.05, 0.1) is 24.5 Å². The van der Waals surface area contributed by atoms with Crippen LogP contribution < -0.4 is 30.7 Å². The van der Waals surface area contributed by atoms with Crippen LogP contribution in [0.4, 0.5) is 5.69 Å². The first-order valence-electron chi connectivity index (χ1n) is 30.7. The van der Waals surface area contributed by atoms with E-state index in [-0.39, 0.29) is 19.2 Å². The van der Waals surface area contributed by atoms with Gasteiger partial charge in [-0.25, -0.2) is 0 Å². The highest BCUT2D eigenvalue weighted by molar-refractivity contribution is 5.99. The minimum absolute atomic E-state index is 0. The molecule has 458 valence electrons. The molecule has 0 saturated carbocycles. The SMILES string of the molecule is C.CC(C)COc1ccccc1C(N)=O.CCCCCCCCCCCC(=O)N(CC)CC.CCCCOc1ccc(C)cc1N(CCCC)CCCC.CCCNC(=O)c1cccc(C(=O)NCCC)c1.Cc1ccc(O)c(C)c1. The maximum Gasteiger partial charge on any atom is 0.252 e. The van der Waals surface area contributed by atoms with Crippen LogP contribution in [0.3, 0.4) is 0 Å². The van der Waals surface area contributed by atoms with Crippen LogP contribution in [0.5, 0.6) is 17.2 Å². The molecule has 0 radical (unpaired) electrons. The summed E-state index contributed by atoms with van der Waals surface area (Å²) in [6, 6.07) is 25.9. The highest BCUT2D eigenvalue weighted by Gasteiger charge is 2.14. The van der Waals surface area contributed by atoms with Crippen molar-refractivity contribution >= 4 is 29.3 Å². The van der Waals surface area contributed by atoms with Gasteiger partial charge in [-0.15, -0.1) is 0 Å². The maximum atomic E-state index is 11.7. The Bertz CT molecular complexity index is 2200. The number of phenolic OH excluding ortho intramolecular Hbond substituents is 1. The number of nitrogens with zero attached hydrogens (tertiary/aromatic N) is 2. The number of carbonyl (C=O) groups excluding carboxylic acids is 4. The number of hydrogen-bond acceptors (Lipinski definition) is 8. The molecular weight excluding hydrogens is 1010 g/mol. The van der Waals surface area contributed by atoms with Gasteiger partial charge < -0.3 is 40.7 Å². The number of nitrogens with two attached hydrogens (primary N) is 1. The van der Waals surface area contributed by atoms with Crippen LogP contribution >= 0.6 is 0 Å². The number of nitrogens with one attached hydrogen (secondary N) is 2. The third-order valence-electron chi connectivity index (χ3n) is 12.9. The first-order chi connectivity index (χ1) is 38.5. The summed E-state index contributed by atoms with van der Waals surface area (Å²) in [5.74, 6) is 2.03. The molecule has 12 nitrogen and oxygen atoms in total. The molecule has 0 aromatic heterocycles. The lowest BCUT2D eigenvalue weighted by molar-refractivity contribution is -0.130. The summed E-state index contributed by atoms with van der Waals surface area (Å²) in [5, 5.41) is 14.6. The first-order valence-corrected chi connectivity index (χ1v) is 30.7. The van der Waals surface area contributed by atoms with Crippen LogP contribution in [0.15, 0.2) is 84.9 Å². The van der Waals surface area contributed by atoms with Crippen molar-refractivity contribution in [2.45, 2.75) is 213 Å². The maximum absolute atomic E-state index is 11.7. The van der Waals surface area contributed by atoms with Gasteiger partial charge in [0.1, 0.15) is 17.2 Å². The Labute approximate surface area is 494 Å². The largest absolute Gasteiger partial charge is 0.508 e. The van der Waals surface area contributed by atoms with Crippen LogP contribution in [-0.2, 0) is 4.79 Å². The number of rotatable bonds is 33. The van der Waals surface area contributed by atoms with E-state index in [9.17, 15) is 19.2 Å². The number of benzene rings is 4. The summed E-state index contributed by atoms with van der Waals surface area (Å²) in [6.07, 6.45) is 21.6. The third-order valence-corrected chi connectivity index (χ3v) is 12.9. The summed E-state index contributed by atoms with van der Waals surface area (Å²) >= 11 is 0. The second-order valence-electron chi connectivity index (χ2n) is 21.0. The summed E-state index contributed by atoms with van der Waals surface area (Å²) in [5.41, 5.74) is 11.4. The van der Waals surface area contributed by atoms with Crippen molar-refractivity contribution in [3.8, 4) is 17.2 Å². The van der Waals surface area contributed by atoms with E-state index in [1.807, 2.05) is 64.6 Å². The highest BCUT2D eigenvalue weighted by atomic mass is 16.5. The van der Waals surface area contributed by atoms with Crippen molar-refractivity contribution in [1.82, 2.24) is 15.5 Å². The predicted molar refractivity (Wildman–Crippen MR) is 345 cm³/mol. The minimum Gasteiger partial charge on any atom is -0.508 e. The Hall–Kier alpha value is -6.04. The van der Waals surface area contributed by atoms with Crippen LogP contribution in [-0.4, -0.2) is 86.1 Å². The average Bonchev–Trinajstić information content (AvgIpc) is 3.48. The van der Waals surface area contributed by atoms with Gasteiger partial charge in [0.2, 0.25) is 5.91 Å². The van der Waals surface area contributed by atoms with E-state index >= 15 is 0 Å². The number of para-hydroxylation sites is 1. The summed E-state index contributed by atoms with van der Waals surface area (Å²) in [4.78, 5) is 50.7. The van der Waals surface area contributed by atoms with Crippen molar-refractivity contribution in [2.75, 3.05) is 57.4 Å². The van der Waals surface area contributed by atoms with Crippen molar-refractivity contribution in [1.29, 1.82) is 0 Å². The van der Waals surface area contributed by atoms with Crippen LogP contribution in [0.1, 0.15) is 240 Å². The predicted octanol–water partition coefficient (Wildman–Crippen LogP) is 16.8. The number of hydrogen-bond donors (Lipinski definition) is 4. The van der Waals surface area contributed by atoms with Gasteiger partial charge >= 0.3 is 0 Å².